The molecule has 1 saturated heterocycles. The molecule has 3 rings (SSSR count). The molecule has 2 amide bonds. The number of nitrogens with one attached hydrogen (secondary N) is 1. The zero-order valence-corrected chi connectivity index (χ0v) is 15.2. The number of nitrogens with zero attached hydrogens (tertiary/aromatic N) is 3. The van der Waals surface area contributed by atoms with Crippen LogP contribution in [0.3, 0.4) is 0 Å². The van der Waals surface area contributed by atoms with Gasteiger partial charge in [-0.15, -0.1) is 0 Å². The average Bonchev–Trinajstić information content (AvgIpc) is 3.26. The lowest BCUT2D eigenvalue weighted by Gasteiger charge is -2.31. The molecule has 1 atom stereocenters. The van der Waals surface area contributed by atoms with Gasteiger partial charge in [0, 0.05) is 37.4 Å². The van der Waals surface area contributed by atoms with E-state index in [0.717, 1.165) is 38.5 Å². The van der Waals surface area contributed by atoms with Gasteiger partial charge in [-0.2, -0.15) is 4.98 Å². The van der Waals surface area contributed by atoms with E-state index in [9.17, 15) is 9.59 Å². The van der Waals surface area contributed by atoms with Crippen LogP contribution in [0, 0.1) is 12.8 Å². The lowest BCUT2D eigenvalue weighted by Crippen LogP contribution is -2.43. The van der Waals surface area contributed by atoms with Crippen molar-refractivity contribution in [2.45, 2.75) is 70.8 Å². The van der Waals surface area contributed by atoms with Crippen molar-refractivity contribution < 1.29 is 14.1 Å². The molecule has 7 heteroatoms. The molecule has 2 aliphatic rings. The van der Waals surface area contributed by atoms with Gasteiger partial charge in [0.05, 0.1) is 0 Å². The van der Waals surface area contributed by atoms with Gasteiger partial charge in [-0.1, -0.05) is 18.0 Å². The van der Waals surface area contributed by atoms with Crippen LogP contribution in [-0.4, -0.2) is 46.0 Å². The highest BCUT2D eigenvalue weighted by atomic mass is 16.5. The number of carbonyl (C=O) groups is 2. The number of likely N-dealkylation sites (tertiary alicyclic amines) is 1. The summed E-state index contributed by atoms with van der Waals surface area (Å²) in [5.74, 6) is 1.95. The molecule has 0 bridgehead atoms. The molecule has 138 valence electrons. The minimum atomic E-state index is -0.114. The molecule has 0 spiro atoms. The number of aryl methyl sites for hydroxylation is 1. The summed E-state index contributed by atoms with van der Waals surface area (Å²) >= 11 is 0. The minimum Gasteiger partial charge on any atom is -0.353 e. The summed E-state index contributed by atoms with van der Waals surface area (Å²) in [6.07, 6.45) is 6.29. The quantitative estimate of drug-likeness (QED) is 0.881. The number of aromatic nitrogens is 2. The zero-order chi connectivity index (χ0) is 17.8. The van der Waals surface area contributed by atoms with Crippen molar-refractivity contribution in [3.8, 4) is 0 Å². The largest absolute Gasteiger partial charge is 0.353 e. The van der Waals surface area contributed by atoms with Gasteiger partial charge in [0.15, 0.2) is 5.82 Å². The molecular formula is C18H28N4O3. The Hall–Kier alpha value is -1.92. The second-order valence-corrected chi connectivity index (χ2v) is 7.43. The molecule has 1 aliphatic carbocycles. The van der Waals surface area contributed by atoms with Crippen LogP contribution in [-0.2, 0) is 9.59 Å². The van der Waals surface area contributed by atoms with Gasteiger partial charge < -0.3 is 14.7 Å². The number of piperidine rings is 1. The summed E-state index contributed by atoms with van der Waals surface area (Å²) in [4.78, 5) is 30.8. The van der Waals surface area contributed by atoms with Crippen molar-refractivity contribution in [3.05, 3.63) is 11.7 Å². The molecule has 1 N–H and O–H groups in total. The topological polar surface area (TPSA) is 88.3 Å². The molecule has 1 saturated carbocycles. The molecule has 0 aromatic carbocycles. The summed E-state index contributed by atoms with van der Waals surface area (Å²) in [7, 11) is 0. The molecule has 2 heterocycles. The first-order chi connectivity index (χ1) is 12.0. The van der Waals surface area contributed by atoms with Crippen molar-refractivity contribution in [2.75, 3.05) is 13.1 Å². The normalized spacial score (nSPS) is 20.6. The fraction of sp³-hybridized carbons (Fsp3) is 0.778. The van der Waals surface area contributed by atoms with Gasteiger partial charge in [0.1, 0.15) is 0 Å². The number of hydrogen-bond acceptors (Lipinski definition) is 5. The van der Waals surface area contributed by atoms with Gasteiger partial charge in [0.25, 0.3) is 0 Å². The van der Waals surface area contributed by atoms with Crippen LogP contribution in [0.4, 0.5) is 0 Å². The number of carbonyl (C=O) groups excluding carboxylic acids is 2. The Morgan fingerprint density at radius 1 is 1.24 bits per heavy atom. The van der Waals surface area contributed by atoms with Crippen LogP contribution in [0.15, 0.2) is 4.52 Å². The SMILES string of the molecule is Cc1noc(C2CCN(C(=O)CC(C)NC(=O)C3CCCC3)CC2)n1. The summed E-state index contributed by atoms with van der Waals surface area (Å²) in [5, 5.41) is 6.85. The van der Waals surface area contributed by atoms with Gasteiger partial charge >= 0.3 is 0 Å². The van der Waals surface area contributed by atoms with Crippen LogP contribution in [0.25, 0.3) is 0 Å². The summed E-state index contributed by atoms with van der Waals surface area (Å²) in [6, 6.07) is -0.114. The first kappa shape index (κ1) is 17.9. The van der Waals surface area contributed by atoms with E-state index in [1.165, 1.54) is 0 Å². The molecule has 1 unspecified atom stereocenters. The van der Waals surface area contributed by atoms with Crippen LogP contribution < -0.4 is 5.32 Å². The van der Waals surface area contributed by atoms with E-state index in [2.05, 4.69) is 15.5 Å². The first-order valence-electron chi connectivity index (χ1n) is 9.41. The highest BCUT2D eigenvalue weighted by molar-refractivity contribution is 5.81. The van der Waals surface area contributed by atoms with Gasteiger partial charge in [-0.25, -0.2) is 0 Å². The van der Waals surface area contributed by atoms with Crippen molar-refractivity contribution in [1.82, 2.24) is 20.4 Å². The monoisotopic (exact) mass is 348 g/mol. The standard InChI is InChI=1S/C18H28N4O3/c1-12(19-17(24)14-5-3-4-6-14)11-16(23)22-9-7-15(8-10-22)18-20-13(2)21-25-18/h12,14-15H,3-11H2,1-2H3,(H,19,24). The molecule has 1 aromatic heterocycles. The van der Waals surface area contributed by atoms with Gasteiger partial charge in [0.2, 0.25) is 17.7 Å². The van der Waals surface area contributed by atoms with Crippen LogP contribution in [0.2, 0.25) is 0 Å². The smallest absolute Gasteiger partial charge is 0.229 e. The Kier molecular flexibility index (Phi) is 5.71. The average molecular weight is 348 g/mol. The molecule has 1 aliphatic heterocycles. The highest BCUT2D eigenvalue weighted by Crippen LogP contribution is 2.27. The number of amides is 2. The Balaban J connectivity index is 1.42. The summed E-state index contributed by atoms with van der Waals surface area (Å²) in [5.41, 5.74) is 0. The predicted molar refractivity (Wildman–Crippen MR) is 91.8 cm³/mol. The highest BCUT2D eigenvalue weighted by Gasteiger charge is 2.29. The lowest BCUT2D eigenvalue weighted by atomic mass is 9.96. The fourth-order valence-electron chi connectivity index (χ4n) is 3.85. The Bertz CT molecular complexity index is 601. The maximum absolute atomic E-state index is 12.5. The van der Waals surface area contributed by atoms with E-state index >= 15 is 0 Å². The second-order valence-electron chi connectivity index (χ2n) is 7.43. The third kappa shape index (κ3) is 4.58. The van der Waals surface area contributed by atoms with E-state index in [-0.39, 0.29) is 29.7 Å². The molecular weight excluding hydrogens is 320 g/mol. The van der Waals surface area contributed by atoms with E-state index in [4.69, 9.17) is 4.52 Å². The number of hydrogen-bond donors (Lipinski definition) is 1. The van der Waals surface area contributed by atoms with E-state index in [0.29, 0.717) is 31.2 Å². The number of rotatable bonds is 5. The zero-order valence-electron chi connectivity index (χ0n) is 15.2. The molecule has 0 radical (unpaired) electrons. The second kappa shape index (κ2) is 7.97. The van der Waals surface area contributed by atoms with E-state index in [1.54, 1.807) is 0 Å². The first-order valence-corrected chi connectivity index (χ1v) is 9.41. The lowest BCUT2D eigenvalue weighted by molar-refractivity contribution is -0.133. The Morgan fingerprint density at radius 3 is 2.52 bits per heavy atom. The predicted octanol–water partition coefficient (Wildman–Crippen LogP) is 2.17. The van der Waals surface area contributed by atoms with Crippen LogP contribution in [0.1, 0.15) is 69.5 Å². The van der Waals surface area contributed by atoms with Crippen molar-refractivity contribution in [3.63, 3.8) is 0 Å². The maximum Gasteiger partial charge on any atom is 0.229 e. The van der Waals surface area contributed by atoms with Crippen molar-refractivity contribution in [2.24, 2.45) is 5.92 Å². The Morgan fingerprint density at radius 2 is 1.92 bits per heavy atom. The molecule has 25 heavy (non-hydrogen) atoms. The van der Waals surface area contributed by atoms with Gasteiger partial charge in [-0.3, -0.25) is 9.59 Å². The van der Waals surface area contributed by atoms with E-state index < -0.39 is 0 Å². The fourth-order valence-corrected chi connectivity index (χ4v) is 3.85. The summed E-state index contributed by atoms with van der Waals surface area (Å²) < 4.78 is 5.24. The van der Waals surface area contributed by atoms with Crippen molar-refractivity contribution in [1.29, 1.82) is 0 Å². The molecule has 1 aromatic rings. The van der Waals surface area contributed by atoms with Crippen molar-refractivity contribution >= 4 is 11.8 Å². The third-order valence-electron chi connectivity index (χ3n) is 5.34. The molecule has 2 fully saturated rings. The van der Waals surface area contributed by atoms with E-state index in [1.807, 2.05) is 18.7 Å². The van der Waals surface area contributed by atoms with Crippen LogP contribution in [0.5, 0.6) is 0 Å². The molecule has 7 nitrogen and oxygen atoms in total. The minimum absolute atomic E-state index is 0.111. The summed E-state index contributed by atoms with van der Waals surface area (Å²) in [6.45, 7) is 5.13. The van der Waals surface area contributed by atoms with Crippen LogP contribution >= 0.6 is 0 Å². The maximum atomic E-state index is 12.5. The Labute approximate surface area is 148 Å². The third-order valence-corrected chi connectivity index (χ3v) is 5.34. The van der Waals surface area contributed by atoms with Gasteiger partial charge in [-0.05, 0) is 39.5 Å².